The van der Waals surface area contributed by atoms with Crippen molar-refractivity contribution in [2.24, 2.45) is 0 Å². The summed E-state index contributed by atoms with van der Waals surface area (Å²) in [6.45, 7) is 1.10. The minimum atomic E-state index is 0.812. The van der Waals surface area contributed by atoms with Crippen LogP contribution in [0.1, 0.15) is 23.1 Å². The van der Waals surface area contributed by atoms with Gasteiger partial charge in [-0.25, -0.2) is 0 Å². The smallest absolute Gasteiger partial charge is 0.0408 e. The van der Waals surface area contributed by atoms with E-state index in [1.54, 1.807) is 0 Å². The van der Waals surface area contributed by atoms with Gasteiger partial charge in [0.15, 0.2) is 0 Å². The lowest BCUT2D eigenvalue weighted by Crippen LogP contribution is -2.11. The Kier molecular flexibility index (Phi) is 3.24. The summed E-state index contributed by atoms with van der Waals surface area (Å²) in [6.07, 6.45) is 3.37. The normalized spacial score (nSPS) is 13.8. The maximum Gasteiger partial charge on any atom is 0.0408 e. The van der Waals surface area contributed by atoms with Gasteiger partial charge in [-0.05, 0) is 54.2 Å². The molecule has 0 aromatic heterocycles. The molecule has 0 fully saturated rings. The topological polar surface area (TPSA) is 12.0 Å². The van der Waals surface area contributed by atoms with Gasteiger partial charge in [0.25, 0.3) is 0 Å². The standard InChI is InChI=1S/C16H16ClN/c17-15-5-1-3-12(11-15)9-13-6-7-16-14(10-13)4-2-8-18-16/h1,3,5-7,10-11,18H,2,4,8-9H2. The third-order valence-electron chi connectivity index (χ3n) is 3.41. The van der Waals surface area contributed by atoms with E-state index in [1.165, 1.54) is 35.2 Å². The molecule has 1 heterocycles. The van der Waals surface area contributed by atoms with Crippen LogP contribution < -0.4 is 5.32 Å². The van der Waals surface area contributed by atoms with E-state index in [0.717, 1.165) is 18.0 Å². The Morgan fingerprint density at radius 1 is 1.06 bits per heavy atom. The van der Waals surface area contributed by atoms with Crippen molar-refractivity contribution in [3.05, 3.63) is 64.2 Å². The summed E-state index contributed by atoms with van der Waals surface area (Å²) in [5, 5.41) is 4.25. The van der Waals surface area contributed by atoms with E-state index < -0.39 is 0 Å². The number of rotatable bonds is 2. The number of benzene rings is 2. The fourth-order valence-electron chi connectivity index (χ4n) is 2.52. The van der Waals surface area contributed by atoms with Crippen LogP contribution in [0.25, 0.3) is 0 Å². The largest absolute Gasteiger partial charge is 0.385 e. The molecule has 0 unspecified atom stereocenters. The Bertz CT molecular complexity index is 563. The van der Waals surface area contributed by atoms with Crippen molar-refractivity contribution in [2.75, 3.05) is 11.9 Å². The molecule has 0 aliphatic carbocycles. The average Bonchev–Trinajstić information content (AvgIpc) is 2.39. The molecule has 0 spiro atoms. The van der Waals surface area contributed by atoms with Crippen LogP contribution in [-0.2, 0) is 12.8 Å². The zero-order chi connectivity index (χ0) is 12.4. The molecule has 0 radical (unpaired) electrons. The summed E-state index contributed by atoms with van der Waals surface area (Å²) >= 11 is 6.02. The van der Waals surface area contributed by atoms with E-state index >= 15 is 0 Å². The van der Waals surface area contributed by atoms with Crippen LogP contribution in [0.5, 0.6) is 0 Å². The quantitative estimate of drug-likeness (QED) is 0.846. The number of halogens is 1. The summed E-state index contributed by atoms with van der Waals surface area (Å²) in [5.74, 6) is 0. The maximum absolute atomic E-state index is 6.02. The molecular formula is C16H16ClN. The van der Waals surface area contributed by atoms with Crippen molar-refractivity contribution in [1.29, 1.82) is 0 Å². The Balaban J connectivity index is 1.85. The highest BCUT2D eigenvalue weighted by Gasteiger charge is 2.08. The number of anilines is 1. The van der Waals surface area contributed by atoms with Crippen LogP contribution in [0.2, 0.25) is 5.02 Å². The molecule has 92 valence electrons. The van der Waals surface area contributed by atoms with E-state index in [9.17, 15) is 0 Å². The monoisotopic (exact) mass is 257 g/mol. The predicted octanol–water partition coefficient (Wildman–Crippen LogP) is 4.29. The first kappa shape index (κ1) is 11.6. The highest BCUT2D eigenvalue weighted by atomic mass is 35.5. The van der Waals surface area contributed by atoms with Crippen LogP contribution in [0, 0.1) is 0 Å². The van der Waals surface area contributed by atoms with Gasteiger partial charge in [0.1, 0.15) is 0 Å². The van der Waals surface area contributed by atoms with Crippen molar-refractivity contribution in [2.45, 2.75) is 19.3 Å². The summed E-state index contributed by atoms with van der Waals surface area (Å²) < 4.78 is 0. The van der Waals surface area contributed by atoms with Crippen molar-refractivity contribution < 1.29 is 0 Å². The first-order chi connectivity index (χ1) is 8.81. The first-order valence-electron chi connectivity index (χ1n) is 6.41. The van der Waals surface area contributed by atoms with Gasteiger partial charge in [-0.15, -0.1) is 0 Å². The van der Waals surface area contributed by atoms with Gasteiger partial charge in [0, 0.05) is 17.3 Å². The van der Waals surface area contributed by atoms with E-state index in [4.69, 9.17) is 11.6 Å². The summed E-state index contributed by atoms with van der Waals surface area (Å²) in [4.78, 5) is 0. The predicted molar refractivity (Wildman–Crippen MR) is 77.5 cm³/mol. The third-order valence-corrected chi connectivity index (χ3v) is 3.64. The van der Waals surface area contributed by atoms with E-state index in [-0.39, 0.29) is 0 Å². The van der Waals surface area contributed by atoms with Crippen molar-refractivity contribution in [1.82, 2.24) is 0 Å². The zero-order valence-electron chi connectivity index (χ0n) is 10.2. The second kappa shape index (κ2) is 5.03. The van der Waals surface area contributed by atoms with E-state index in [1.807, 2.05) is 18.2 Å². The van der Waals surface area contributed by atoms with Gasteiger partial charge in [-0.3, -0.25) is 0 Å². The number of fused-ring (bicyclic) bond motifs is 1. The van der Waals surface area contributed by atoms with Gasteiger partial charge in [0.2, 0.25) is 0 Å². The maximum atomic E-state index is 6.02. The number of hydrogen-bond acceptors (Lipinski definition) is 1. The SMILES string of the molecule is Clc1cccc(Cc2ccc3c(c2)CCCN3)c1. The van der Waals surface area contributed by atoms with Gasteiger partial charge < -0.3 is 5.32 Å². The second-order valence-corrected chi connectivity index (χ2v) is 5.26. The fraction of sp³-hybridized carbons (Fsp3) is 0.250. The Hall–Kier alpha value is -1.47. The number of nitrogens with one attached hydrogen (secondary N) is 1. The van der Waals surface area contributed by atoms with Crippen LogP contribution in [-0.4, -0.2) is 6.54 Å². The lowest BCUT2D eigenvalue weighted by Gasteiger charge is -2.18. The lowest BCUT2D eigenvalue weighted by molar-refractivity contribution is 0.828. The van der Waals surface area contributed by atoms with Gasteiger partial charge >= 0.3 is 0 Å². The average molecular weight is 258 g/mol. The molecule has 2 aromatic carbocycles. The highest BCUT2D eigenvalue weighted by Crippen LogP contribution is 2.24. The van der Waals surface area contributed by atoms with Crippen LogP contribution in [0.3, 0.4) is 0 Å². The van der Waals surface area contributed by atoms with E-state index in [0.29, 0.717) is 0 Å². The van der Waals surface area contributed by atoms with Crippen molar-refractivity contribution in [3.8, 4) is 0 Å². The molecule has 0 saturated carbocycles. The van der Waals surface area contributed by atoms with Crippen LogP contribution in [0.4, 0.5) is 5.69 Å². The molecule has 0 atom stereocenters. The van der Waals surface area contributed by atoms with Crippen LogP contribution in [0.15, 0.2) is 42.5 Å². The summed E-state index contributed by atoms with van der Waals surface area (Å²) in [5.41, 5.74) is 5.38. The summed E-state index contributed by atoms with van der Waals surface area (Å²) in [6, 6.07) is 14.8. The lowest BCUT2D eigenvalue weighted by atomic mass is 9.97. The molecule has 18 heavy (non-hydrogen) atoms. The van der Waals surface area contributed by atoms with Gasteiger partial charge in [-0.1, -0.05) is 35.9 Å². The van der Waals surface area contributed by atoms with Gasteiger partial charge in [0.05, 0.1) is 0 Å². The third kappa shape index (κ3) is 2.51. The Morgan fingerprint density at radius 2 is 1.94 bits per heavy atom. The Labute approximate surface area is 113 Å². The molecule has 1 aliphatic rings. The molecule has 1 nitrogen and oxygen atoms in total. The van der Waals surface area contributed by atoms with Crippen molar-refractivity contribution >= 4 is 17.3 Å². The molecular weight excluding hydrogens is 242 g/mol. The second-order valence-electron chi connectivity index (χ2n) is 4.83. The van der Waals surface area contributed by atoms with Crippen LogP contribution >= 0.6 is 11.6 Å². The molecule has 2 aromatic rings. The molecule has 0 amide bonds. The fourth-order valence-corrected chi connectivity index (χ4v) is 2.73. The minimum Gasteiger partial charge on any atom is -0.385 e. The molecule has 0 saturated heterocycles. The zero-order valence-corrected chi connectivity index (χ0v) is 11.0. The first-order valence-corrected chi connectivity index (χ1v) is 6.79. The van der Waals surface area contributed by atoms with Gasteiger partial charge in [-0.2, -0.15) is 0 Å². The molecule has 0 bridgehead atoms. The minimum absolute atomic E-state index is 0.812. The van der Waals surface area contributed by atoms with Crippen molar-refractivity contribution in [3.63, 3.8) is 0 Å². The Morgan fingerprint density at radius 3 is 2.83 bits per heavy atom. The highest BCUT2D eigenvalue weighted by molar-refractivity contribution is 6.30. The molecule has 1 aliphatic heterocycles. The molecule has 2 heteroatoms. The molecule has 3 rings (SSSR count). The number of aryl methyl sites for hydroxylation is 1. The summed E-state index contributed by atoms with van der Waals surface area (Å²) in [7, 11) is 0. The van der Waals surface area contributed by atoms with E-state index in [2.05, 4.69) is 29.6 Å². The molecule has 1 N–H and O–H groups in total. The number of hydrogen-bond donors (Lipinski definition) is 1.